The molecule has 33 heavy (non-hydrogen) atoms. The van der Waals surface area contributed by atoms with Crippen molar-refractivity contribution >= 4 is 11.4 Å². The van der Waals surface area contributed by atoms with E-state index in [2.05, 4.69) is 28.8 Å². The van der Waals surface area contributed by atoms with E-state index in [4.69, 9.17) is 9.47 Å². The average molecular weight is 449 g/mol. The van der Waals surface area contributed by atoms with Crippen LogP contribution < -0.4 is 31.0 Å². The number of ether oxygens (including phenoxy) is 2. The van der Waals surface area contributed by atoms with Crippen molar-refractivity contribution in [2.45, 2.75) is 44.6 Å². The van der Waals surface area contributed by atoms with Gasteiger partial charge < -0.3 is 20.1 Å². The van der Waals surface area contributed by atoms with Crippen LogP contribution in [0.5, 0.6) is 11.5 Å². The van der Waals surface area contributed by atoms with Crippen molar-refractivity contribution in [2.75, 3.05) is 26.1 Å². The highest BCUT2D eigenvalue weighted by Gasteiger charge is 2.22. The van der Waals surface area contributed by atoms with Gasteiger partial charge >= 0.3 is 0 Å². The molecule has 174 valence electrons. The number of hydrogen-bond donors (Lipinski definition) is 2. The molecule has 4 rings (SSSR count). The lowest BCUT2D eigenvalue weighted by Crippen LogP contribution is -2.34. The number of hydrogen-bond acceptors (Lipinski definition) is 6. The fourth-order valence-electron chi connectivity index (χ4n) is 4.75. The van der Waals surface area contributed by atoms with Gasteiger partial charge in [0.1, 0.15) is 11.4 Å². The first-order valence-electron chi connectivity index (χ1n) is 11.7. The Kier molecular flexibility index (Phi) is 7.45. The number of rotatable bonds is 10. The third kappa shape index (κ3) is 5.28. The molecule has 0 spiro atoms. The van der Waals surface area contributed by atoms with Crippen LogP contribution in [0.4, 0.5) is 11.4 Å². The van der Waals surface area contributed by atoms with Crippen LogP contribution in [0.2, 0.25) is 0 Å². The summed E-state index contributed by atoms with van der Waals surface area (Å²) in [6.45, 7) is 0.935. The van der Waals surface area contributed by atoms with Crippen LogP contribution in [0.1, 0.15) is 55.7 Å². The monoisotopic (exact) mass is 448 g/mol. The van der Waals surface area contributed by atoms with Crippen molar-refractivity contribution in [3.05, 3.63) is 80.1 Å². The third-order valence-corrected chi connectivity index (χ3v) is 6.63. The second-order valence-electron chi connectivity index (χ2n) is 8.77. The van der Waals surface area contributed by atoms with E-state index in [0.29, 0.717) is 0 Å². The lowest BCUT2D eigenvalue weighted by Gasteiger charge is -2.25. The van der Waals surface area contributed by atoms with Gasteiger partial charge in [0.25, 0.3) is 10.9 Å². The zero-order chi connectivity index (χ0) is 23.2. The largest absolute Gasteiger partial charge is 0.497 e. The molecule has 0 heterocycles. The van der Waals surface area contributed by atoms with Gasteiger partial charge in [-0.15, -0.1) is 0 Å². The van der Waals surface area contributed by atoms with E-state index in [9.17, 15) is 9.59 Å². The summed E-state index contributed by atoms with van der Waals surface area (Å²) in [5.41, 5.74) is 2.04. The highest BCUT2D eigenvalue weighted by molar-refractivity contribution is 5.70. The molecular formula is C27H32N2O4. The number of methoxy groups -OCH3 is 2. The van der Waals surface area contributed by atoms with E-state index in [1.165, 1.54) is 45.6 Å². The van der Waals surface area contributed by atoms with Crippen molar-refractivity contribution in [1.82, 2.24) is 5.32 Å². The van der Waals surface area contributed by atoms with E-state index >= 15 is 0 Å². The minimum Gasteiger partial charge on any atom is -0.497 e. The maximum absolute atomic E-state index is 12.0. The molecule has 0 bridgehead atoms. The molecule has 3 aromatic carbocycles. The quantitative estimate of drug-likeness (QED) is 0.438. The predicted octanol–water partition coefficient (Wildman–Crippen LogP) is 4.69. The molecule has 1 fully saturated rings. The van der Waals surface area contributed by atoms with Crippen LogP contribution in [0.3, 0.4) is 0 Å². The topological polar surface area (TPSA) is 76.7 Å². The van der Waals surface area contributed by atoms with Crippen LogP contribution in [0.25, 0.3) is 0 Å². The van der Waals surface area contributed by atoms with Crippen molar-refractivity contribution < 1.29 is 9.47 Å². The van der Waals surface area contributed by atoms with Gasteiger partial charge in [-0.25, -0.2) is 0 Å². The summed E-state index contributed by atoms with van der Waals surface area (Å²) in [6.07, 6.45) is 7.90. The summed E-state index contributed by atoms with van der Waals surface area (Å²) in [4.78, 5) is 23.6. The van der Waals surface area contributed by atoms with Crippen LogP contribution in [0.15, 0.2) is 58.1 Å². The normalized spacial score (nSPS) is 15.3. The zero-order valence-corrected chi connectivity index (χ0v) is 19.4. The number of nitrogens with one attached hydrogen (secondary N) is 2. The lowest BCUT2D eigenvalue weighted by molar-refractivity contribution is 0.331. The maximum Gasteiger partial charge on any atom is 0.272 e. The first-order valence-corrected chi connectivity index (χ1v) is 11.7. The Hall–Kier alpha value is -3.12. The number of benzene rings is 2. The van der Waals surface area contributed by atoms with E-state index < -0.39 is 10.9 Å². The molecule has 1 atom stereocenters. The SMILES string of the molecule is COc1ccc(C(NCCC2CCCCC2)c2cccc(Nc3c(OC)c(=O)c3=O)c2)cc1. The Morgan fingerprint density at radius 2 is 1.67 bits per heavy atom. The first kappa shape index (κ1) is 23.1. The summed E-state index contributed by atoms with van der Waals surface area (Å²) in [5.74, 6) is 1.71. The molecule has 0 amide bonds. The Labute approximate surface area is 194 Å². The Bertz CT molecular complexity index is 1130. The van der Waals surface area contributed by atoms with E-state index in [-0.39, 0.29) is 17.5 Å². The van der Waals surface area contributed by atoms with Crippen LogP contribution in [0, 0.1) is 5.92 Å². The molecule has 6 nitrogen and oxygen atoms in total. The van der Waals surface area contributed by atoms with Gasteiger partial charge in [-0.1, -0.05) is 56.4 Å². The smallest absolute Gasteiger partial charge is 0.272 e. The number of anilines is 2. The summed E-state index contributed by atoms with van der Waals surface area (Å²) < 4.78 is 10.4. The Balaban J connectivity index is 1.54. The van der Waals surface area contributed by atoms with Crippen molar-refractivity contribution in [3.63, 3.8) is 0 Å². The van der Waals surface area contributed by atoms with Gasteiger partial charge in [0.2, 0.25) is 0 Å². The maximum atomic E-state index is 12.0. The van der Waals surface area contributed by atoms with Gasteiger partial charge in [0.05, 0.1) is 20.3 Å². The second-order valence-corrected chi connectivity index (χ2v) is 8.77. The molecule has 0 aromatic heterocycles. The third-order valence-electron chi connectivity index (χ3n) is 6.63. The van der Waals surface area contributed by atoms with Gasteiger partial charge in [0.15, 0.2) is 5.75 Å². The van der Waals surface area contributed by atoms with Gasteiger partial charge in [-0.05, 0) is 54.3 Å². The first-order chi connectivity index (χ1) is 16.1. The molecule has 1 aliphatic rings. The van der Waals surface area contributed by atoms with Gasteiger partial charge in [0, 0.05) is 5.69 Å². The summed E-state index contributed by atoms with van der Waals surface area (Å²) in [7, 11) is 3.06. The molecule has 0 aliphatic heterocycles. The van der Waals surface area contributed by atoms with Crippen molar-refractivity contribution in [2.24, 2.45) is 5.92 Å². The zero-order valence-electron chi connectivity index (χ0n) is 19.4. The summed E-state index contributed by atoms with van der Waals surface area (Å²) >= 11 is 0. The van der Waals surface area contributed by atoms with Crippen LogP contribution >= 0.6 is 0 Å². The molecular weight excluding hydrogens is 416 g/mol. The van der Waals surface area contributed by atoms with E-state index in [1.54, 1.807) is 7.11 Å². The van der Waals surface area contributed by atoms with Crippen molar-refractivity contribution in [1.29, 1.82) is 0 Å². The summed E-state index contributed by atoms with van der Waals surface area (Å²) in [5, 5.41) is 6.82. The molecule has 6 heteroatoms. The fraction of sp³-hybridized carbons (Fsp3) is 0.407. The van der Waals surface area contributed by atoms with E-state index in [0.717, 1.165) is 35.0 Å². The Morgan fingerprint density at radius 1 is 0.909 bits per heavy atom. The molecule has 1 aliphatic carbocycles. The molecule has 3 aromatic rings. The van der Waals surface area contributed by atoms with Gasteiger partial charge in [-0.2, -0.15) is 0 Å². The molecule has 0 saturated heterocycles. The summed E-state index contributed by atoms with van der Waals surface area (Å²) in [6, 6.07) is 16.0. The minimum atomic E-state index is -0.586. The predicted molar refractivity (Wildman–Crippen MR) is 132 cm³/mol. The highest BCUT2D eigenvalue weighted by Crippen LogP contribution is 2.30. The minimum absolute atomic E-state index is 0.00385. The molecule has 1 unspecified atom stereocenters. The van der Waals surface area contributed by atoms with Crippen LogP contribution in [-0.2, 0) is 0 Å². The standard InChI is InChI=1S/C27H32N2O4/c1-32-22-13-11-19(12-14-22)23(28-16-15-18-7-4-3-5-8-18)20-9-6-10-21(17-20)29-24-25(30)26(31)27(24)33-2/h6,9-14,17-18,23,28-29H,3-5,7-8,15-16H2,1-2H3. The molecule has 0 radical (unpaired) electrons. The second kappa shape index (κ2) is 10.7. The highest BCUT2D eigenvalue weighted by atomic mass is 16.5. The van der Waals surface area contributed by atoms with Gasteiger partial charge in [-0.3, -0.25) is 9.59 Å². The Morgan fingerprint density at radius 3 is 2.36 bits per heavy atom. The average Bonchev–Trinajstić information content (AvgIpc) is 2.87. The fourth-order valence-corrected chi connectivity index (χ4v) is 4.75. The molecule has 1 saturated carbocycles. The lowest BCUT2D eigenvalue weighted by atomic mass is 9.87. The van der Waals surface area contributed by atoms with E-state index in [1.807, 2.05) is 30.3 Å². The molecule has 2 N–H and O–H groups in total. The van der Waals surface area contributed by atoms with Crippen LogP contribution in [-0.4, -0.2) is 20.8 Å². The van der Waals surface area contributed by atoms with Crippen molar-refractivity contribution in [3.8, 4) is 11.5 Å².